The highest BCUT2D eigenvalue weighted by atomic mass is 127. The van der Waals surface area contributed by atoms with Crippen molar-refractivity contribution >= 4 is 22.6 Å². The van der Waals surface area contributed by atoms with Gasteiger partial charge in [0.15, 0.2) is 0 Å². The molecular formula is C12H16INO. The van der Waals surface area contributed by atoms with E-state index in [0.29, 0.717) is 12.0 Å². The molecule has 3 heteroatoms. The van der Waals surface area contributed by atoms with Crippen molar-refractivity contribution in [3.63, 3.8) is 0 Å². The topological polar surface area (TPSA) is 21.3 Å². The first-order chi connectivity index (χ1) is 7.22. The zero-order valence-corrected chi connectivity index (χ0v) is 11.2. The lowest BCUT2D eigenvalue weighted by Crippen LogP contribution is -2.33. The summed E-state index contributed by atoms with van der Waals surface area (Å²) in [5.41, 5.74) is 1.31. The van der Waals surface area contributed by atoms with Gasteiger partial charge in [0.05, 0.1) is 6.61 Å². The molecular weight excluding hydrogens is 301 g/mol. The fourth-order valence-electron chi connectivity index (χ4n) is 2.05. The van der Waals surface area contributed by atoms with Crippen molar-refractivity contribution in [3.8, 4) is 5.75 Å². The van der Waals surface area contributed by atoms with Crippen LogP contribution in [0.3, 0.4) is 0 Å². The van der Waals surface area contributed by atoms with Crippen molar-refractivity contribution in [1.82, 2.24) is 5.32 Å². The Morgan fingerprint density at radius 2 is 2.33 bits per heavy atom. The van der Waals surface area contributed by atoms with Crippen molar-refractivity contribution in [3.05, 3.63) is 27.3 Å². The molecule has 1 aliphatic heterocycles. The highest BCUT2D eigenvalue weighted by molar-refractivity contribution is 14.1. The first kappa shape index (κ1) is 11.2. The Bertz CT molecular complexity index is 353. The molecule has 0 bridgehead atoms. The fraction of sp³-hybridized carbons (Fsp3) is 0.500. The molecule has 2 unspecified atom stereocenters. The highest BCUT2D eigenvalue weighted by Gasteiger charge is 2.27. The summed E-state index contributed by atoms with van der Waals surface area (Å²) in [7, 11) is 0. The summed E-state index contributed by atoms with van der Waals surface area (Å²) < 4.78 is 6.99. The molecule has 1 aromatic carbocycles. The number of fused-ring (bicyclic) bond motifs is 1. The van der Waals surface area contributed by atoms with Gasteiger partial charge in [0.2, 0.25) is 0 Å². The second-order valence-electron chi connectivity index (χ2n) is 4.01. The molecule has 2 nitrogen and oxygen atoms in total. The van der Waals surface area contributed by atoms with E-state index in [1.807, 2.05) is 0 Å². The quantitative estimate of drug-likeness (QED) is 0.847. The molecule has 1 heterocycles. The smallest absolute Gasteiger partial charge is 0.124 e. The van der Waals surface area contributed by atoms with E-state index in [9.17, 15) is 0 Å². The van der Waals surface area contributed by atoms with E-state index in [1.54, 1.807) is 0 Å². The van der Waals surface area contributed by atoms with E-state index in [4.69, 9.17) is 4.74 Å². The molecule has 0 spiro atoms. The summed E-state index contributed by atoms with van der Waals surface area (Å²) in [5, 5.41) is 3.53. The summed E-state index contributed by atoms with van der Waals surface area (Å²) in [6, 6.07) is 6.83. The van der Waals surface area contributed by atoms with Crippen LogP contribution < -0.4 is 10.1 Å². The van der Waals surface area contributed by atoms with Crippen molar-refractivity contribution in [1.29, 1.82) is 0 Å². The Morgan fingerprint density at radius 1 is 1.53 bits per heavy atom. The van der Waals surface area contributed by atoms with Crippen LogP contribution in [-0.2, 0) is 0 Å². The summed E-state index contributed by atoms with van der Waals surface area (Å²) in [6.45, 7) is 6.19. The molecule has 15 heavy (non-hydrogen) atoms. The number of rotatable bonds is 2. The number of hydrogen-bond donors (Lipinski definition) is 1. The van der Waals surface area contributed by atoms with Crippen LogP contribution in [-0.4, -0.2) is 13.2 Å². The third kappa shape index (κ3) is 2.28. The molecule has 0 fully saturated rings. The number of hydrogen-bond acceptors (Lipinski definition) is 2. The van der Waals surface area contributed by atoms with Crippen LogP contribution in [0.2, 0.25) is 0 Å². The van der Waals surface area contributed by atoms with Crippen LogP contribution in [0, 0.1) is 9.49 Å². The SMILES string of the molecule is CCNC1c2cc(I)ccc2OCC1C. The van der Waals surface area contributed by atoms with Crippen molar-refractivity contribution in [2.45, 2.75) is 19.9 Å². The van der Waals surface area contributed by atoms with Gasteiger partial charge >= 0.3 is 0 Å². The maximum Gasteiger partial charge on any atom is 0.124 e. The number of halogens is 1. The van der Waals surface area contributed by atoms with Gasteiger partial charge in [0.25, 0.3) is 0 Å². The van der Waals surface area contributed by atoms with Gasteiger partial charge in [-0.05, 0) is 47.3 Å². The molecule has 2 atom stereocenters. The van der Waals surface area contributed by atoms with E-state index in [1.165, 1.54) is 9.13 Å². The lowest BCUT2D eigenvalue weighted by Gasteiger charge is -2.32. The summed E-state index contributed by atoms with van der Waals surface area (Å²) >= 11 is 2.35. The highest BCUT2D eigenvalue weighted by Crippen LogP contribution is 2.35. The largest absolute Gasteiger partial charge is 0.493 e. The predicted octanol–water partition coefficient (Wildman–Crippen LogP) is 2.97. The monoisotopic (exact) mass is 317 g/mol. The number of benzene rings is 1. The van der Waals surface area contributed by atoms with Gasteiger partial charge in [-0.2, -0.15) is 0 Å². The van der Waals surface area contributed by atoms with Crippen molar-refractivity contribution in [2.75, 3.05) is 13.2 Å². The van der Waals surface area contributed by atoms with E-state index in [-0.39, 0.29) is 0 Å². The van der Waals surface area contributed by atoms with Crippen molar-refractivity contribution < 1.29 is 4.74 Å². The average Bonchev–Trinajstić information content (AvgIpc) is 2.23. The van der Waals surface area contributed by atoms with Gasteiger partial charge < -0.3 is 10.1 Å². The van der Waals surface area contributed by atoms with E-state index >= 15 is 0 Å². The third-order valence-electron chi connectivity index (χ3n) is 2.80. The van der Waals surface area contributed by atoms with Crippen LogP contribution in [0.4, 0.5) is 0 Å². The van der Waals surface area contributed by atoms with Crippen LogP contribution >= 0.6 is 22.6 Å². The van der Waals surface area contributed by atoms with Gasteiger partial charge in [-0.25, -0.2) is 0 Å². The van der Waals surface area contributed by atoms with Crippen LogP contribution in [0.5, 0.6) is 5.75 Å². The molecule has 1 aromatic rings. The lowest BCUT2D eigenvalue weighted by atomic mass is 9.92. The maximum absolute atomic E-state index is 5.72. The standard InChI is InChI=1S/C12H16INO/c1-3-14-12-8(2)7-15-11-5-4-9(13)6-10(11)12/h4-6,8,12,14H,3,7H2,1-2H3. The Morgan fingerprint density at radius 3 is 3.07 bits per heavy atom. The minimum atomic E-state index is 0.438. The van der Waals surface area contributed by atoms with Crippen molar-refractivity contribution in [2.24, 2.45) is 5.92 Å². The average molecular weight is 317 g/mol. The molecule has 0 aliphatic carbocycles. The van der Waals surface area contributed by atoms with E-state index in [0.717, 1.165) is 18.9 Å². The normalized spacial score (nSPS) is 24.5. The Kier molecular flexibility index (Phi) is 3.51. The lowest BCUT2D eigenvalue weighted by molar-refractivity contribution is 0.190. The Hall–Kier alpha value is -0.290. The van der Waals surface area contributed by atoms with Gasteiger partial charge in [0.1, 0.15) is 5.75 Å². The molecule has 0 aromatic heterocycles. The molecule has 0 radical (unpaired) electrons. The fourth-order valence-corrected chi connectivity index (χ4v) is 2.56. The summed E-state index contributed by atoms with van der Waals surface area (Å²) in [5.74, 6) is 1.58. The minimum Gasteiger partial charge on any atom is -0.493 e. The molecule has 2 rings (SSSR count). The summed E-state index contributed by atoms with van der Waals surface area (Å²) in [6.07, 6.45) is 0. The summed E-state index contributed by atoms with van der Waals surface area (Å²) in [4.78, 5) is 0. The Labute approximate surface area is 105 Å². The molecule has 82 valence electrons. The van der Waals surface area contributed by atoms with Crippen LogP contribution in [0.1, 0.15) is 25.5 Å². The molecule has 0 saturated carbocycles. The second-order valence-corrected chi connectivity index (χ2v) is 5.25. The first-order valence-corrected chi connectivity index (χ1v) is 6.46. The second kappa shape index (κ2) is 4.70. The van der Waals surface area contributed by atoms with Crippen LogP contribution in [0.25, 0.3) is 0 Å². The molecule has 1 aliphatic rings. The zero-order valence-electron chi connectivity index (χ0n) is 9.09. The van der Waals surface area contributed by atoms with Gasteiger partial charge in [0, 0.05) is 21.1 Å². The maximum atomic E-state index is 5.72. The van der Waals surface area contributed by atoms with E-state index in [2.05, 4.69) is 60.0 Å². The van der Waals surface area contributed by atoms with Gasteiger partial charge in [-0.1, -0.05) is 13.8 Å². The molecule has 0 saturated heterocycles. The third-order valence-corrected chi connectivity index (χ3v) is 3.47. The zero-order chi connectivity index (χ0) is 10.8. The number of nitrogens with one attached hydrogen (secondary N) is 1. The van der Waals surface area contributed by atoms with Gasteiger partial charge in [-0.3, -0.25) is 0 Å². The number of ether oxygens (including phenoxy) is 1. The Balaban J connectivity index is 2.36. The first-order valence-electron chi connectivity index (χ1n) is 5.38. The molecule has 1 N–H and O–H groups in total. The minimum absolute atomic E-state index is 0.438. The van der Waals surface area contributed by atoms with Crippen LogP contribution in [0.15, 0.2) is 18.2 Å². The predicted molar refractivity (Wildman–Crippen MR) is 70.2 cm³/mol. The molecule has 0 amide bonds. The van der Waals surface area contributed by atoms with E-state index < -0.39 is 0 Å². The van der Waals surface area contributed by atoms with Gasteiger partial charge in [-0.15, -0.1) is 0 Å².